The molecule has 0 aromatic carbocycles. The van der Waals surface area contributed by atoms with Crippen molar-refractivity contribution in [2.45, 2.75) is 18.9 Å². The van der Waals surface area contributed by atoms with Crippen molar-refractivity contribution in [3.63, 3.8) is 0 Å². The van der Waals surface area contributed by atoms with E-state index in [1.54, 1.807) is 0 Å². The van der Waals surface area contributed by atoms with Gasteiger partial charge >= 0.3 is 39.3 Å². The molecule has 8 heteroatoms. The summed E-state index contributed by atoms with van der Waals surface area (Å²) in [6, 6.07) is 0. The molecule has 0 aromatic rings. The summed E-state index contributed by atoms with van der Waals surface area (Å²) in [5.41, 5.74) is 0.304. The zero-order valence-corrected chi connectivity index (χ0v) is 11.2. The highest BCUT2D eigenvalue weighted by Crippen LogP contribution is 2.17. The average Bonchev–Trinajstić information content (AvgIpc) is 2.09. The molecule has 0 N–H and O–H groups in total. The van der Waals surface area contributed by atoms with Crippen LogP contribution in [0.5, 0.6) is 0 Å². The third-order valence-electron chi connectivity index (χ3n) is 1.48. The highest BCUT2D eigenvalue weighted by Gasteiger charge is 2.27. The van der Waals surface area contributed by atoms with Crippen LogP contribution in [0, 0.1) is 0 Å². The van der Waals surface area contributed by atoms with Crippen molar-refractivity contribution in [2.75, 3.05) is 0 Å². The molecule has 1 aliphatic heterocycles. The molecule has 1 fully saturated rings. The topological polar surface area (TPSA) is 36.9 Å². The summed E-state index contributed by atoms with van der Waals surface area (Å²) in [5, 5.41) is 0. The van der Waals surface area contributed by atoms with Gasteiger partial charge in [0.25, 0.3) is 0 Å². The lowest BCUT2D eigenvalue weighted by Crippen LogP contribution is -2.36. The fourth-order valence-corrected chi connectivity index (χ4v) is 5.61. The molecule has 0 bridgehead atoms. The van der Waals surface area contributed by atoms with Gasteiger partial charge in [-0.25, -0.2) is 0 Å². The van der Waals surface area contributed by atoms with E-state index in [2.05, 4.69) is 13.5 Å². The monoisotopic (exact) mass is 245 g/mol. The third-order valence-corrected chi connectivity index (χ3v) is 6.34. The maximum atomic E-state index is 5.47. The predicted molar refractivity (Wildman–Crippen MR) is 51.6 cm³/mol. The van der Waals surface area contributed by atoms with Crippen molar-refractivity contribution in [3.05, 3.63) is 12.7 Å². The van der Waals surface area contributed by atoms with Crippen LogP contribution in [-0.2, 0) is 16.5 Å². The van der Waals surface area contributed by atoms with Gasteiger partial charge in [-0.05, 0) is 6.42 Å². The molecule has 69 valence electrons. The van der Waals surface area contributed by atoms with Gasteiger partial charge in [-0.3, -0.25) is 0 Å². The molecule has 4 nitrogen and oxygen atoms in total. The Labute approximate surface area is 87.6 Å². The molecule has 1 aliphatic rings. The van der Waals surface area contributed by atoms with Crippen molar-refractivity contribution in [3.8, 4) is 0 Å². The lowest BCUT2D eigenvalue weighted by Gasteiger charge is -2.21. The Bertz CT molecular complexity index is 149. The summed E-state index contributed by atoms with van der Waals surface area (Å²) in [6.07, 6.45) is 2.86. The zero-order chi connectivity index (χ0) is 9.52. The minimum atomic E-state index is -1.29. The van der Waals surface area contributed by atoms with Gasteiger partial charge in [-0.2, -0.15) is 0 Å². The molecule has 0 saturated carbocycles. The molecule has 13 heavy (non-hydrogen) atoms. The van der Waals surface area contributed by atoms with Crippen LogP contribution in [0.2, 0.25) is 5.54 Å². The fourth-order valence-electron chi connectivity index (χ4n) is 0.780. The van der Waals surface area contributed by atoms with Crippen LogP contribution >= 0.6 is 0 Å². The van der Waals surface area contributed by atoms with Crippen LogP contribution < -0.4 is 0 Å². The van der Waals surface area contributed by atoms with Crippen LogP contribution in [0.15, 0.2) is 12.7 Å². The Kier molecular flexibility index (Phi) is 6.06. The first kappa shape index (κ1) is 11.5. The molecule has 1 saturated heterocycles. The second kappa shape index (κ2) is 6.84. The van der Waals surface area contributed by atoms with E-state index in [9.17, 15) is 0 Å². The van der Waals surface area contributed by atoms with E-state index in [1.807, 2.05) is 6.08 Å². The largest absolute Gasteiger partial charge is 0.413 e. The van der Waals surface area contributed by atoms with E-state index in [-0.39, 0.29) is 30.0 Å². The summed E-state index contributed by atoms with van der Waals surface area (Å²) in [6.45, 7) is 5.84. The maximum absolute atomic E-state index is 5.47. The minimum Gasteiger partial charge on any atom is -0.413 e. The summed E-state index contributed by atoms with van der Waals surface area (Å²) in [5.74, 6) is 0. The highest BCUT2D eigenvalue weighted by molar-refractivity contribution is 6.61. The van der Waals surface area contributed by atoms with Crippen LogP contribution in [0.3, 0.4) is 0 Å². The van der Waals surface area contributed by atoms with Gasteiger partial charge in [0.15, 0.2) is 0 Å². The Hall–Kier alpha value is 0.448. The molecule has 7 radical (unpaired) electrons. The summed E-state index contributed by atoms with van der Waals surface area (Å²) >= 11 is 0. The van der Waals surface area contributed by atoms with Gasteiger partial charge in [-0.1, -0.05) is 13.0 Å². The first-order valence-electron chi connectivity index (χ1n) is 3.78. The normalized spacial score (nSPS) is 23.2. The molecule has 1 unspecified atom stereocenters. The van der Waals surface area contributed by atoms with E-state index >= 15 is 0 Å². The molecule has 1 rings (SSSR count). The second-order valence-electron chi connectivity index (χ2n) is 2.23. The predicted octanol–water partition coefficient (Wildman–Crippen LogP) is 0.123. The second-order valence-corrected chi connectivity index (χ2v) is 7.37. The van der Waals surface area contributed by atoms with Crippen LogP contribution in [0.1, 0.15) is 13.3 Å². The Morgan fingerprint density at radius 1 is 1.31 bits per heavy atom. The van der Waals surface area contributed by atoms with Gasteiger partial charge in [0.1, 0.15) is 0 Å². The molecular formula is C5H9O4Si4. The Balaban J connectivity index is 2.39. The van der Waals surface area contributed by atoms with E-state index < -0.39 is 9.28 Å². The fraction of sp³-hybridized carbons (Fsp3) is 0.600. The van der Waals surface area contributed by atoms with Crippen LogP contribution in [0.4, 0.5) is 0 Å². The van der Waals surface area contributed by atoms with Gasteiger partial charge in [-0.15, -0.1) is 6.58 Å². The van der Waals surface area contributed by atoms with E-state index in [4.69, 9.17) is 16.5 Å². The van der Waals surface area contributed by atoms with E-state index in [1.165, 1.54) is 0 Å². The molecule has 0 amide bonds. The number of rotatable bonds is 3. The molecule has 1 atom stereocenters. The Morgan fingerprint density at radius 2 is 1.92 bits per heavy atom. The quantitative estimate of drug-likeness (QED) is 0.523. The maximum Gasteiger partial charge on any atom is 0.412 e. The molecular weight excluding hydrogens is 236 g/mol. The molecule has 1 heterocycles. The number of allylic oxidation sites excluding steroid dienone is 1. The zero-order valence-electron chi connectivity index (χ0n) is 7.20. The number of hydrogen-bond donors (Lipinski definition) is 0. The van der Waals surface area contributed by atoms with Crippen molar-refractivity contribution < 1.29 is 16.5 Å². The SMILES string of the molecule is C=CC(CC)[Si]1O[Si]O[Si]O[Si]O1. The third kappa shape index (κ3) is 3.99. The van der Waals surface area contributed by atoms with Crippen molar-refractivity contribution in [1.82, 2.24) is 0 Å². The summed E-state index contributed by atoms with van der Waals surface area (Å²) in [7, 11) is -1.18. The minimum absolute atomic E-state index is 0.0337. The van der Waals surface area contributed by atoms with E-state index in [0.29, 0.717) is 5.54 Å². The van der Waals surface area contributed by atoms with E-state index in [0.717, 1.165) is 6.42 Å². The van der Waals surface area contributed by atoms with Crippen LogP contribution in [0.25, 0.3) is 0 Å². The molecule has 0 aromatic heterocycles. The smallest absolute Gasteiger partial charge is 0.412 e. The Morgan fingerprint density at radius 3 is 2.38 bits per heavy atom. The van der Waals surface area contributed by atoms with Gasteiger partial charge in [0, 0.05) is 5.54 Å². The van der Waals surface area contributed by atoms with Gasteiger partial charge < -0.3 is 16.5 Å². The summed E-state index contributed by atoms with van der Waals surface area (Å²) < 4.78 is 21.1. The molecule has 0 spiro atoms. The number of hydrogen-bond acceptors (Lipinski definition) is 4. The van der Waals surface area contributed by atoms with Crippen LogP contribution in [-0.4, -0.2) is 39.3 Å². The lowest BCUT2D eigenvalue weighted by atomic mass is 10.3. The molecule has 0 aliphatic carbocycles. The van der Waals surface area contributed by atoms with Crippen molar-refractivity contribution in [2.24, 2.45) is 0 Å². The average molecular weight is 245 g/mol. The summed E-state index contributed by atoms with van der Waals surface area (Å²) in [4.78, 5) is 0. The van der Waals surface area contributed by atoms with Gasteiger partial charge in [0.05, 0.1) is 0 Å². The lowest BCUT2D eigenvalue weighted by molar-refractivity contribution is 0.322. The van der Waals surface area contributed by atoms with Crippen molar-refractivity contribution >= 4 is 39.3 Å². The highest BCUT2D eigenvalue weighted by atomic mass is 28.4. The standard InChI is InChI=1S/C5H9O4Si4/c1-3-5(4-2)13-8-11-6-10-7-12-9-13/h3,5H,1,4H2,2H3. The van der Waals surface area contributed by atoms with Gasteiger partial charge in [0.2, 0.25) is 0 Å². The van der Waals surface area contributed by atoms with Crippen molar-refractivity contribution in [1.29, 1.82) is 0 Å². The first-order chi connectivity index (χ1) is 6.38. The first-order valence-corrected chi connectivity index (χ1v) is 7.62.